The Morgan fingerprint density at radius 3 is 2.50 bits per heavy atom. The summed E-state index contributed by atoms with van der Waals surface area (Å²) in [4.78, 5) is 10.8. The maximum absolute atomic E-state index is 13.0. The highest BCUT2D eigenvalue weighted by Crippen LogP contribution is 2.41. The molecule has 0 atom stereocenters. The molecule has 9 heteroatoms. The summed E-state index contributed by atoms with van der Waals surface area (Å²) >= 11 is 11.9. The van der Waals surface area contributed by atoms with E-state index in [-0.39, 0.29) is 17.3 Å². The molecule has 26 heavy (non-hydrogen) atoms. The van der Waals surface area contributed by atoms with E-state index in [4.69, 9.17) is 33.7 Å². The molecule has 1 heterocycles. The molecule has 1 amide bonds. The standard InChI is InChI=1S/C17H11Cl2F3N2O2/c18-15-11(17(20,21)22)3-4-12(16(15)19)24-6-5-9-1-2-10(7-13(9)24)26-8-14(23)25/h1-7H,8H2,(H2,23,25). The van der Waals surface area contributed by atoms with Crippen LogP contribution in [0.25, 0.3) is 16.6 Å². The summed E-state index contributed by atoms with van der Waals surface area (Å²) in [6, 6.07) is 8.89. The molecule has 3 rings (SSSR count). The van der Waals surface area contributed by atoms with Crippen molar-refractivity contribution in [3.63, 3.8) is 0 Å². The number of benzene rings is 2. The van der Waals surface area contributed by atoms with E-state index >= 15 is 0 Å². The van der Waals surface area contributed by atoms with Gasteiger partial charge in [-0.05, 0) is 30.3 Å². The first-order valence-electron chi connectivity index (χ1n) is 7.26. The largest absolute Gasteiger partial charge is 0.484 e. The predicted octanol–water partition coefficient (Wildman–Crippen LogP) is 4.82. The van der Waals surface area contributed by atoms with Gasteiger partial charge in [-0.2, -0.15) is 13.2 Å². The minimum absolute atomic E-state index is 0.220. The van der Waals surface area contributed by atoms with Gasteiger partial charge in [0.1, 0.15) is 5.75 Å². The highest BCUT2D eigenvalue weighted by Gasteiger charge is 2.34. The van der Waals surface area contributed by atoms with Crippen molar-refractivity contribution in [3.05, 3.63) is 58.2 Å². The number of nitrogens with zero attached hydrogens (tertiary/aromatic N) is 1. The quantitative estimate of drug-likeness (QED) is 0.679. The van der Waals surface area contributed by atoms with Crippen molar-refractivity contribution in [1.29, 1.82) is 0 Å². The number of ether oxygens (including phenoxy) is 1. The van der Waals surface area contributed by atoms with Crippen molar-refractivity contribution in [2.45, 2.75) is 6.18 Å². The van der Waals surface area contributed by atoms with Gasteiger partial charge < -0.3 is 15.0 Å². The molecule has 0 unspecified atom stereocenters. The summed E-state index contributed by atoms with van der Waals surface area (Å²) in [5, 5.41) is 0.00520. The molecule has 0 saturated heterocycles. The zero-order valence-electron chi connectivity index (χ0n) is 13.0. The summed E-state index contributed by atoms with van der Waals surface area (Å²) < 4.78 is 45.7. The minimum atomic E-state index is -4.60. The Hall–Kier alpha value is -2.38. The van der Waals surface area contributed by atoms with E-state index in [1.165, 1.54) is 6.07 Å². The molecule has 3 aromatic rings. The fourth-order valence-corrected chi connectivity index (χ4v) is 3.03. The molecular weight excluding hydrogens is 392 g/mol. The summed E-state index contributed by atoms with van der Waals surface area (Å²) in [6.45, 7) is -0.293. The summed E-state index contributed by atoms with van der Waals surface area (Å²) in [7, 11) is 0. The molecule has 0 aliphatic heterocycles. The van der Waals surface area contributed by atoms with Crippen LogP contribution in [-0.2, 0) is 11.0 Å². The van der Waals surface area contributed by atoms with Gasteiger partial charge in [0.05, 0.1) is 26.8 Å². The maximum atomic E-state index is 13.0. The SMILES string of the molecule is NC(=O)COc1ccc2ccn(-c3ccc(C(F)(F)F)c(Cl)c3Cl)c2c1. The Morgan fingerprint density at radius 1 is 1.12 bits per heavy atom. The van der Waals surface area contributed by atoms with Gasteiger partial charge in [0, 0.05) is 17.6 Å². The van der Waals surface area contributed by atoms with Crippen LogP contribution in [0.5, 0.6) is 5.75 Å². The predicted molar refractivity (Wildman–Crippen MR) is 93.0 cm³/mol. The van der Waals surface area contributed by atoms with E-state index in [2.05, 4.69) is 0 Å². The number of fused-ring (bicyclic) bond motifs is 1. The number of carbonyl (C=O) groups excluding carboxylic acids is 1. The number of hydrogen-bond donors (Lipinski definition) is 1. The number of aromatic nitrogens is 1. The van der Waals surface area contributed by atoms with Crippen molar-refractivity contribution >= 4 is 40.0 Å². The molecule has 0 aliphatic rings. The Kier molecular flexibility index (Phi) is 4.77. The van der Waals surface area contributed by atoms with Crippen LogP contribution in [0.1, 0.15) is 5.56 Å². The summed E-state index contributed by atoms with van der Waals surface area (Å²) in [5.74, 6) is -0.247. The second kappa shape index (κ2) is 6.74. The lowest BCUT2D eigenvalue weighted by molar-refractivity contribution is -0.137. The molecule has 4 nitrogen and oxygen atoms in total. The second-order valence-electron chi connectivity index (χ2n) is 5.42. The van der Waals surface area contributed by atoms with E-state index in [9.17, 15) is 18.0 Å². The van der Waals surface area contributed by atoms with Crippen LogP contribution in [0, 0.1) is 0 Å². The Morgan fingerprint density at radius 2 is 1.85 bits per heavy atom. The van der Waals surface area contributed by atoms with Crippen molar-refractivity contribution in [2.24, 2.45) is 5.73 Å². The average Bonchev–Trinajstić information content (AvgIpc) is 2.97. The van der Waals surface area contributed by atoms with Crippen LogP contribution < -0.4 is 10.5 Å². The lowest BCUT2D eigenvalue weighted by atomic mass is 10.2. The van der Waals surface area contributed by atoms with Gasteiger partial charge in [0.2, 0.25) is 0 Å². The number of rotatable bonds is 4. The van der Waals surface area contributed by atoms with Gasteiger partial charge in [0.15, 0.2) is 6.61 Å². The van der Waals surface area contributed by atoms with Crippen LogP contribution >= 0.6 is 23.2 Å². The van der Waals surface area contributed by atoms with Crippen LogP contribution in [0.4, 0.5) is 13.2 Å². The van der Waals surface area contributed by atoms with Crippen LogP contribution in [0.15, 0.2) is 42.6 Å². The highest BCUT2D eigenvalue weighted by atomic mass is 35.5. The van der Waals surface area contributed by atoms with Crippen molar-refractivity contribution in [3.8, 4) is 11.4 Å². The van der Waals surface area contributed by atoms with Gasteiger partial charge in [-0.3, -0.25) is 4.79 Å². The number of hydrogen-bond acceptors (Lipinski definition) is 2. The van der Waals surface area contributed by atoms with Crippen molar-refractivity contribution in [1.82, 2.24) is 4.57 Å². The first-order valence-corrected chi connectivity index (χ1v) is 8.02. The molecule has 0 fully saturated rings. The van der Waals surface area contributed by atoms with Crippen LogP contribution in [0.3, 0.4) is 0 Å². The van der Waals surface area contributed by atoms with E-state index in [1.807, 2.05) is 0 Å². The molecule has 136 valence electrons. The molecular formula is C17H11Cl2F3N2O2. The number of nitrogens with two attached hydrogens (primary N) is 1. The van der Waals surface area contributed by atoms with E-state index in [1.54, 1.807) is 35.0 Å². The number of halogens is 5. The van der Waals surface area contributed by atoms with E-state index < -0.39 is 22.7 Å². The average molecular weight is 403 g/mol. The normalized spacial score (nSPS) is 11.7. The number of primary amides is 1. The molecule has 0 bridgehead atoms. The van der Waals surface area contributed by atoms with Gasteiger partial charge >= 0.3 is 6.18 Å². The topological polar surface area (TPSA) is 57.3 Å². The third-order valence-electron chi connectivity index (χ3n) is 3.67. The molecule has 2 N–H and O–H groups in total. The third kappa shape index (κ3) is 3.45. The number of carbonyl (C=O) groups is 1. The molecule has 0 radical (unpaired) electrons. The van der Waals surface area contributed by atoms with E-state index in [0.717, 1.165) is 11.5 Å². The Bertz CT molecular complexity index is 1000. The smallest absolute Gasteiger partial charge is 0.417 e. The first kappa shape index (κ1) is 18.4. The molecule has 0 spiro atoms. The number of alkyl halides is 3. The zero-order valence-corrected chi connectivity index (χ0v) is 14.5. The fourth-order valence-electron chi connectivity index (χ4n) is 2.51. The van der Waals surface area contributed by atoms with Crippen LogP contribution in [-0.4, -0.2) is 17.1 Å². The van der Waals surface area contributed by atoms with Gasteiger partial charge in [0.25, 0.3) is 5.91 Å². The monoisotopic (exact) mass is 402 g/mol. The minimum Gasteiger partial charge on any atom is -0.484 e. The number of amides is 1. The third-order valence-corrected chi connectivity index (χ3v) is 4.54. The first-order chi connectivity index (χ1) is 12.2. The van der Waals surface area contributed by atoms with Gasteiger partial charge in [-0.25, -0.2) is 0 Å². The molecule has 0 saturated carbocycles. The Balaban J connectivity index is 2.09. The summed E-state index contributed by atoms with van der Waals surface area (Å²) in [6.07, 6.45) is -2.96. The molecule has 0 aliphatic carbocycles. The van der Waals surface area contributed by atoms with Crippen molar-refractivity contribution < 1.29 is 22.7 Å². The van der Waals surface area contributed by atoms with Crippen molar-refractivity contribution in [2.75, 3.05) is 6.61 Å². The van der Waals surface area contributed by atoms with E-state index in [0.29, 0.717) is 11.3 Å². The zero-order chi connectivity index (χ0) is 19.1. The maximum Gasteiger partial charge on any atom is 0.417 e. The molecule has 1 aromatic heterocycles. The lowest BCUT2D eigenvalue weighted by Crippen LogP contribution is -2.19. The van der Waals surface area contributed by atoms with Crippen LogP contribution in [0.2, 0.25) is 10.0 Å². The fraction of sp³-hybridized carbons (Fsp3) is 0.118. The lowest BCUT2D eigenvalue weighted by Gasteiger charge is -2.14. The Labute approximate surface area is 155 Å². The summed E-state index contributed by atoms with van der Waals surface area (Å²) in [5.41, 5.74) is 4.94. The van der Waals surface area contributed by atoms with Gasteiger partial charge in [-0.15, -0.1) is 0 Å². The molecule has 2 aromatic carbocycles. The second-order valence-corrected chi connectivity index (χ2v) is 6.18. The van der Waals surface area contributed by atoms with Gasteiger partial charge in [-0.1, -0.05) is 23.2 Å². The highest BCUT2D eigenvalue weighted by molar-refractivity contribution is 6.43.